The van der Waals surface area contributed by atoms with Gasteiger partial charge < -0.3 is 5.11 Å². The van der Waals surface area contributed by atoms with Crippen molar-refractivity contribution in [3.05, 3.63) is 11.6 Å². The molecule has 5 unspecified atom stereocenters. The molecule has 188 valence electrons. The first-order valence-electron chi connectivity index (χ1n) is 14.5. The van der Waals surface area contributed by atoms with E-state index >= 15 is 0 Å². The number of hydrogen-bond donors (Lipinski definition) is 1. The fourth-order valence-corrected chi connectivity index (χ4v) is 9.89. The van der Waals surface area contributed by atoms with Gasteiger partial charge in [-0.15, -0.1) is 0 Å². The van der Waals surface area contributed by atoms with E-state index in [9.17, 15) is 9.90 Å². The van der Waals surface area contributed by atoms with Crippen molar-refractivity contribution in [3.8, 4) is 0 Å². The minimum absolute atomic E-state index is 0.479. The summed E-state index contributed by atoms with van der Waals surface area (Å²) in [6.07, 6.45) is 18.8. The number of carboxylic acid groups (broad SMARTS) is 1. The zero-order chi connectivity index (χ0) is 24.0. The highest BCUT2D eigenvalue weighted by molar-refractivity contribution is 5.85. The molecule has 33 heavy (non-hydrogen) atoms. The molecule has 0 heterocycles. The van der Waals surface area contributed by atoms with E-state index in [2.05, 4.69) is 40.7 Å². The number of aliphatic carboxylic acids is 1. The molecule has 4 saturated carbocycles. The van der Waals surface area contributed by atoms with Crippen molar-refractivity contribution < 1.29 is 9.90 Å². The van der Waals surface area contributed by atoms with Crippen LogP contribution in [0.3, 0.4) is 0 Å². The first kappa shape index (κ1) is 25.3. The lowest BCUT2D eigenvalue weighted by Crippen LogP contribution is -2.53. The lowest BCUT2D eigenvalue weighted by Gasteiger charge is -2.61. The maximum Gasteiger partial charge on any atom is 0.330 e. The maximum atomic E-state index is 11.3. The summed E-state index contributed by atoms with van der Waals surface area (Å²) in [4.78, 5) is 11.3. The predicted molar refractivity (Wildman–Crippen MR) is 138 cm³/mol. The summed E-state index contributed by atoms with van der Waals surface area (Å²) in [6, 6.07) is 0. The Morgan fingerprint density at radius 3 is 2.33 bits per heavy atom. The molecule has 2 heteroatoms. The molecule has 0 radical (unpaired) electrons. The molecule has 4 aliphatic rings. The zero-order valence-corrected chi connectivity index (χ0v) is 22.5. The molecular weight excluding hydrogens is 404 g/mol. The van der Waals surface area contributed by atoms with E-state index in [1.165, 1.54) is 77.0 Å². The van der Waals surface area contributed by atoms with E-state index in [1.54, 1.807) is 6.92 Å². The Balaban J connectivity index is 1.43. The monoisotopic (exact) mass is 456 g/mol. The van der Waals surface area contributed by atoms with Crippen molar-refractivity contribution in [1.82, 2.24) is 0 Å². The standard InChI is InChI=1S/C31H52O2/c1-20(2)8-7-9-21(3)26-12-13-27-25-11-10-24-19-23(18-22(4)29(32)33)14-16-30(24,5)28(25)15-17-31(26,27)6/h18,20-21,23-28H,7-17,19H2,1-6H3,(H,32,33)/t21-,23?,24?,25?,26-,27?,28?,30+,31-/m1/s1. The van der Waals surface area contributed by atoms with Gasteiger partial charge >= 0.3 is 5.97 Å². The highest BCUT2D eigenvalue weighted by Crippen LogP contribution is 2.68. The van der Waals surface area contributed by atoms with Crippen LogP contribution in [0.5, 0.6) is 0 Å². The number of fused-ring (bicyclic) bond motifs is 5. The molecule has 9 atom stereocenters. The molecule has 0 aromatic heterocycles. The molecule has 2 nitrogen and oxygen atoms in total. The third kappa shape index (κ3) is 4.71. The summed E-state index contributed by atoms with van der Waals surface area (Å²) in [5, 5.41) is 9.33. The van der Waals surface area contributed by atoms with E-state index in [0.29, 0.717) is 22.3 Å². The van der Waals surface area contributed by atoms with Gasteiger partial charge in [0.2, 0.25) is 0 Å². The number of carbonyl (C=O) groups is 1. The van der Waals surface area contributed by atoms with Gasteiger partial charge in [-0.25, -0.2) is 4.79 Å². The molecule has 0 amide bonds. The zero-order valence-electron chi connectivity index (χ0n) is 22.5. The molecule has 0 saturated heterocycles. The Kier molecular flexibility index (Phi) is 7.43. The Morgan fingerprint density at radius 1 is 0.939 bits per heavy atom. The minimum Gasteiger partial charge on any atom is -0.478 e. The highest BCUT2D eigenvalue weighted by atomic mass is 16.4. The van der Waals surface area contributed by atoms with Crippen molar-refractivity contribution in [2.75, 3.05) is 0 Å². The molecule has 0 aliphatic heterocycles. The molecule has 4 aliphatic carbocycles. The molecular formula is C31H52O2. The van der Waals surface area contributed by atoms with Crippen molar-refractivity contribution in [2.24, 2.45) is 58.2 Å². The second-order valence-corrected chi connectivity index (χ2v) is 13.9. The summed E-state index contributed by atoms with van der Waals surface area (Å²) in [5.41, 5.74) is 1.62. The van der Waals surface area contributed by atoms with E-state index < -0.39 is 5.97 Å². The highest BCUT2D eigenvalue weighted by Gasteiger charge is 2.60. The van der Waals surface area contributed by atoms with Gasteiger partial charge in [0.15, 0.2) is 0 Å². The van der Waals surface area contributed by atoms with Crippen LogP contribution in [0.4, 0.5) is 0 Å². The average molecular weight is 457 g/mol. The molecule has 0 aromatic carbocycles. The summed E-state index contributed by atoms with van der Waals surface area (Å²) < 4.78 is 0. The third-order valence-corrected chi connectivity index (χ3v) is 11.7. The fourth-order valence-electron chi connectivity index (χ4n) is 9.89. The van der Waals surface area contributed by atoms with Gasteiger partial charge in [-0.3, -0.25) is 0 Å². The van der Waals surface area contributed by atoms with Crippen LogP contribution in [0.2, 0.25) is 0 Å². The minimum atomic E-state index is -0.743. The number of rotatable bonds is 7. The topological polar surface area (TPSA) is 37.3 Å². The van der Waals surface area contributed by atoms with Crippen LogP contribution in [0.15, 0.2) is 11.6 Å². The Labute approximate surface area is 204 Å². The normalized spacial score (nSPS) is 44.2. The average Bonchev–Trinajstić information content (AvgIpc) is 3.11. The van der Waals surface area contributed by atoms with Crippen LogP contribution < -0.4 is 0 Å². The van der Waals surface area contributed by atoms with Crippen LogP contribution in [0.1, 0.15) is 119 Å². The van der Waals surface area contributed by atoms with Gasteiger partial charge in [-0.1, -0.05) is 60.0 Å². The maximum absolute atomic E-state index is 11.3. The van der Waals surface area contributed by atoms with Crippen LogP contribution in [0.25, 0.3) is 0 Å². The third-order valence-electron chi connectivity index (χ3n) is 11.7. The second kappa shape index (κ2) is 9.69. The largest absolute Gasteiger partial charge is 0.478 e. The summed E-state index contributed by atoms with van der Waals surface area (Å²) >= 11 is 0. The van der Waals surface area contributed by atoms with Gasteiger partial charge in [0.25, 0.3) is 0 Å². The van der Waals surface area contributed by atoms with Gasteiger partial charge in [-0.2, -0.15) is 0 Å². The summed E-state index contributed by atoms with van der Waals surface area (Å²) in [5.74, 6) is 6.03. The Morgan fingerprint density at radius 2 is 1.64 bits per heavy atom. The number of carboxylic acids is 1. The lowest BCUT2D eigenvalue weighted by atomic mass is 9.44. The lowest BCUT2D eigenvalue weighted by molar-refractivity contribution is -0.132. The summed E-state index contributed by atoms with van der Waals surface area (Å²) in [7, 11) is 0. The fraction of sp³-hybridized carbons (Fsp3) is 0.903. The molecule has 0 aromatic rings. The van der Waals surface area contributed by atoms with E-state index in [1.807, 2.05) is 0 Å². The van der Waals surface area contributed by atoms with Crippen molar-refractivity contribution in [3.63, 3.8) is 0 Å². The smallest absolute Gasteiger partial charge is 0.330 e. The SMILES string of the molecule is CC(=CC1CC[C@@]2(C)C(CCC3C2CC[C@@]2(C)C3CC[C@@H]2[C@H](C)CCCC(C)C)C1)C(=O)O. The quantitative estimate of drug-likeness (QED) is 0.389. The van der Waals surface area contributed by atoms with Crippen LogP contribution in [0, 0.1) is 58.2 Å². The molecule has 1 N–H and O–H groups in total. The van der Waals surface area contributed by atoms with Gasteiger partial charge in [0, 0.05) is 5.57 Å². The van der Waals surface area contributed by atoms with Crippen molar-refractivity contribution in [2.45, 2.75) is 119 Å². The first-order valence-corrected chi connectivity index (χ1v) is 14.5. The van der Waals surface area contributed by atoms with Crippen LogP contribution in [-0.2, 0) is 4.79 Å². The number of hydrogen-bond acceptors (Lipinski definition) is 1. The Bertz CT molecular complexity index is 737. The summed E-state index contributed by atoms with van der Waals surface area (Å²) in [6.45, 7) is 14.4. The number of allylic oxidation sites excluding steroid dienone is 1. The first-order chi connectivity index (χ1) is 15.6. The van der Waals surface area contributed by atoms with Gasteiger partial charge in [-0.05, 0) is 123 Å². The second-order valence-electron chi connectivity index (χ2n) is 13.9. The molecule has 4 fully saturated rings. The molecule has 0 spiro atoms. The van der Waals surface area contributed by atoms with Crippen LogP contribution >= 0.6 is 0 Å². The van der Waals surface area contributed by atoms with Gasteiger partial charge in [0.05, 0.1) is 0 Å². The van der Waals surface area contributed by atoms with E-state index in [-0.39, 0.29) is 0 Å². The molecule has 0 bridgehead atoms. The van der Waals surface area contributed by atoms with Crippen molar-refractivity contribution >= 4 is 5.97 Å². The predicted octanol–water partition coefficient (Wildman–Crippen LogP) is 8.75. The Hall–Kier alpha value is -0.790. The van der Waals surface area contributed by atoms with Crippen molar-refractivity contribution in [1.29, 1.82) is 0 Å². The van der Waals surface area contributed by atoms with Gasteiger partial charge in [0.1, 0.15) is 0 Å². The molecule has 4 rings (SSSR count). The van der Waals surface area contributed by atoms with E-state index in [4.69, 9.17) is 0 Å². The van der Waals surface area contributed by atoms with E-state index in [0.717, 1.165) is 41.4 Å². The van der Waals surface area contributed by atoms with Crippen LogP contribution in [-0.4, -0.2) is 11.1 Å².